The summed E-state index contributed by atoms with van der Waals surface area (Å²) in [5.74, 6) is 0.151. The van der Waals surface area contributed by atoms with Gasteiger partial charge in [0.1, 0.15) is 11.4 Å². The zero-order valence-corrected chi connectivity index (χ0v) is 17.4. The first kappa shape index (κ1) is 21.3. The van der Waals surface area contributed by atoms with Gasteiger partial charge in [0.15, 0.2) is 0 Å². The number of piperidine rings is 1. The smallest absolute Gasteiger partial charge is 0.271 e. The van der Waals surface area contributed by atoms with Crippen molar-refractivity contribution in [3.8, 4) is 0 Å². The number of amides is 1. The highest BCUT2D eigenvalue weighted by Gasteiger charge is 2.30. The standard InChI is InChI=1S/C21H27N3O4S/c1-17-10-14-24(15-11-17)29(27,28)19-8-5-13-23(21(19)26)16-20(25)22-12-9-18-6-3-2-4-7-18/h2-8,13,17H,9-12,14-16H2,1H3,(H,22,25). The van der Waals surface area contributed by atoms with Crippen LogP contribution < -0.4 is 10.9 Å². The fraction of sp³-hybridized carbons (Fsp3) is 0.429. The molecule has 0 radical (unpaired) electrons. The molecule has 0 spiro atoms. The van der Waals surface area contributed by atoms with E-state index in [4.69, 9.17) is 0 Å². The van der Waals surface area contributed by atoms with Crippen LogP contribution in [0.1, 0.15) is 25.3 Å². The van der Waals surface area contributed by atoms with E-state index >= 15 is 0 Å². The summed E-state index contributed by atoms with van der Waals surface area (Å²) in [4.78, 5) is 24.7. The maximum Gasteiger partial charge on any atom is 0.271 e. The molecule has 2 heterocycles. The zero-order valence-electron chi connectivity index (χ0n) is 16.6. The number of carbonyl (C=O) groups is 1. The van der Waals surface area contributed by atoms with Crippen LogP contribution in [0.2, 0.25) is 0 Å². The van der Waals surface area contributed by atoms with Gasteiger partial charge in [-0.3, -0.25) is 9.59 Å². The Morgan fingerprint density at radius 1 is 1.10 bits per heavy atom. The molecule has 0 bridgehead atoms. The second-order valence-electron chi connectivity index (χ2n) is 7.48. The highest BCUT2D eigenvalue weighted by molar-refractivity contribution is 7.89. The maximum atomic E-state index is 12.9. The van der Waals surface area contributed by atoms with E-state index in [2.05, 4.69) is 12.2 Å². The van der Waals surface area contributed by atoms with Gasteiger partial charge in [-0.15, -0.1) is 0 Å². The lowest BCUT2D eigenvalue weighted by molar-refractivity contribution is -0.121. The van der Waals surface area contributed by atoms with Crippen LogP contribution in [-0.2, 0) is 27.8 Å². The third kappa shape index (κ3) is 5.33. The number of rotatable bonds is 7. The van der Waals surface area contributed by atoms with Crippen molar-refractivity contribution in [2.24, 2.45) is 5.92 Å². The van der Waals surface area contributed by atoms with E-state index in [1.54, 1.807) is 0 Å². The Bertz CT molecular complexity index is 994. The summed E-state index contributed by atoms with van der Waals surface area (Å²) in [5.41, 5.74) is 0.443. The van der Waals surface area contributed by atoms with E-state index in [1.165, 1.54) is 22.6 Å². The van der Waals surface area contributed by atoms with Gasteiger partial charge in [-0.1, -0.05) is 37.3 Å². The second kappa shape index (κ2) is 9.37. The molecule has 29 heavy (non-hydrogen) atoms. The normalized spacial score (nSPS) is 15.9. The Balaban J connectivity index is 1.65. The molecule has 7 nitrogen and oxygen atoms in total. The molecule has 1 aliphatic heterocycles. The SMILES string of the molecule is CC1CCN(S(=O)(=O)c2cccn(CC(=O)NCCc3ccccc3)c2=O)CC1. The third-order valence-corrected chi connectivity index (χ3v) is 7.15. The van der Waals surface area contributed by atoms with Crippen molar-refractivity contribution < 1.29 is 13.2 Å². The van der Waals surface area contributed by atoms with E-state index in [9.17, 15) is 18.0 Å². The van der Waals surface area contributed by atoms with Crippen molar-refractivity contribution >= 4 is 15.9 Å². The van der Waals surface area contributed by atoms with Crippen molar-refractivity contribution in [3.05, 3.63) is 64.6 Å². The molecule has 0 aliphatic carbocycles. The first-order valence-corrected chi connectivity index (χ1v) is 11.3. The topological polar surface area (TPSA) is 88.5 Å². The number of hydrogen-bond acceptors (Lipinski definition) is 4. The van der Waals surface area contributed by atoms with E-state index in [0.29, 0.717) is 32.0 Å². The van der Waals surface area contributed by atoms with Crippen LogP contribution in [0.3, 0.4) is 0 Å². The summed E-state index contributed by atoms with van der Waals surface area (Å²) in [6.07, 6.45) is 3.69. The Kier molecular flexibility index (Phi) is 6.87. The lowest BCUT2D eigenvalue weighted by atomic mass is 10.0. The largest absolute Gasteiger partial charge is 0.354 e. The van der Waals surface area contributed by atoms with Crippen LogP contribution in [0, 0.1) is 5.92 Å². The summed E-state index contributed by atoms with van der Waals surface area (Å²) in [7, 11) is -3.86. The number of nitrogens with zero attached hydrogens (tertiary/aromatic N) is 2. The number of hydrogen-bond donors (Lipinski definition) is 1. The van der Waals surface area contributed by atoms with Gasteiger partial charge >= 0.3 is 0 Å². The van der Waals surface area contributed by atoms with Crippen LogP contribution in [0.15, 0.2) is 58.4 Å². The fourth-order valence-electron chi connectivity index (χ4n) is 3.40. The van der Waals surface area contributed by atoms with Crippen LogP contribution >= 0.6 is 0 Å². The second-order valence-corrected chi connectivity index (χ2v) is 9.38. The molecule has 156 valence electrons. The van der Waals surface area contributed by atoms with Gasteiger partial charge in [0, 0.05) is 25.8 Å². The molecule has 0 unspecified atom stereocenters. The highest BCUT2D eigenvalue weighted by atomic mass is 32.2. The molecule has 1 N–H and O–H groups in total. The van der Waals surface area contributed by atoms with Crippen LogP contribution in [0.25, 0.3) is 0 Å². The number of pyridine rings is 1. The fourth-order valence-corrected chi connectivity index (χ4v) is 4.96. The van der Waals surface area contributed by atoms with Crippen molar-refractivity contribution in [2.75, 3.05) is 19.6 Å². The minimum Gasteiger partial charge on any atom is -0.354 e. The van der Waals surface area contributed by atoms with Crippen molar-refractivity contribution in [1.29, 1.82) is 0 Å². The molecule has 1 aliphatic rings. The lowest BCUT2D eigenvalue weighted by Crippen LogP contribution is -2.41. The van der Waals surface area contributed by atoms with Gasteiger partial charge in [0.05, 0.1) is 0 Å². The molecule has 8 heteroatoms. The monoisotopic (exact) mass is 417 g/mol. The summed E-state index contributed by atoms with van der Waals surface area (Å²) < 4.78 is 28.3. The molecule has 1 aromatic carbocycles. The Morgan fingerprint density at radius 2 is 1.79 bits per heavy atom. The molecular formula is C21H27N3O4S. The van der Waals surface area contributed by atoms with Gasteiger partial charge in [-0.05, 0) is 42.9 Å². The predicted octanol–water partition coefficient (Wildman–Crippen LogP) is 1.63. The minimum atomic E-state index is -3.86. The van der Waals surface area contributed by atoms with Gasteiger partial charge in [0.25, 0.3) is 5.56 Å². The quantitative estimate of drug-likeness (QED) is 0.742. The molecule has 0 atom stereocenters. The van der Waals surface area contributed by atoms with Gasteiger partial charge in [-0.2, -0.15) is 4.31 Å². The first-order valence-electron chi connectivity index (χ1n) is 9.88. The zero-order chi connectivity index (χ0) is 20.9. The number of benzene rings is 1. The Morgan fingerprint density at radius 3 is 2.48 bits per heavy atom. The minimum absolute atomic E-state index is 0.214. The van der Waals surface area contributed by atoms with Gasteiger partial charge < -0.3 is 9.88 Å². The third-order valence-electron chi connectivity index (χ3n) is 5.24. The number of carbonyl (C=O) groups excluding carboxylic acids is 1. The average Bonchev–Trinajstić information content (AvgIpc) is 2.70. The maximum absolute atomic E-state index is 12.9. The summed E-state index contributed by atoms with van der Waals surface area (Å²) in [6.45, 7) is 3.15. The highest BCUT2D eigenvalue weighted by Crippen LogP contribution is 2.21. The van der Waals surface area contributed by atoms with Crippen LogP contribution in [-0.4, -0.2) is 42.8 Å². The van der Waals surface area contributed by atoms with E-state index in [-0.39, 0.29) is 17.3 Å². The van der Waals surface area contributed by atoms with Crippen molar-refractivity contribution in [3.63, 3.8) is 0 Å². The van der Waals surface area contributed by atoms with Crippen molar-refractivity contribution in [1.82, 2.24) is 14.2 Å². The molecule has 1 aromatic heterocycles. The predicted molar refractivity (Wildman–Crippen MR) is 111 cm³/mol. The molecule has 1 fully saturated rings. The summed E-state index contributed by atoms with van der Waals surface area (Å²) >= 11 is 0. The Labute approximate surface area is 171 Å². The molecule has 2 aromatic rings. The molecule has 1 saturated heterocycles. The van der Waals surface area contributed by atoms with E-state index in [0.717, 1.165) is 23.0 Å². The van der Waals surface area contributed by atoms with Crippen molar-refractivity contribution in [2.45, 2.75) is 37.6 Å². The van der Waals surface area contributed by atoms with Gasteiger partial charge in [0.2, 0.25) is 15.9 Å². The molecule has 3 rings (SSSR count). The van der Waals surface area contributed by atoms with E-state index < -0.39 is 15.6 Å². The summed E-state index contributed by atoms with van der Waals surface area (Å²) in [5, 5.41) is 2.77. The summed E-state index contributed by atoms with van der Waals surface area (Å²) in [6, 6.07) is 12.6. The molecular weight excluding hydrogens is 390 g/mol. The van der Waals surface area contributed by atoms with Gasteiger partial charge in [-0.25, -0.2) is 8.42 Å². The van der Waals surface area contributed by atoms with E-state index in [1.807, 2.05) is 30.3 Å². The molecule has 1 amide bonds. The molecule has 0 saturated carbocycles. The number of nitrogens with one attached hydrogen (secondary N) is 1. The van der Waals surface area contributed by atoms with Crippen LogP contribution in [0.4, 0.5) is 0 Å². The average molecular weight is 418 g/mol. The Hall–Kier alpha value is -2.45. The first-order chi connectivity index (χ1) is 13.9. The van der Waals surface area contributed by atoms with Crippen LogP contribution in [0.5, 0.6) is 0 Å². The number of sulfonamides is 1. The lowest BCUT2D eigenvalue weighted by Gasteiger charge is -2.29. The number of aromatic nitrogens is 1.